The summed E-state index contributed by atoms with van der Waals surface area (Å²) in [6, 6.07) is -7.40. The first-order valence-corrected chi connectivity index (χ1v) is 36.0. The molecule has 0 aliphatic carbocycles. The Kier molecular flexibility index (Phi) is 30.2. The average Bonchev–Trinajstić information content (AvgIpc) is 1.54. The molecule has 3 aliphatic heterocycles. The Morgan fingerprint density at radius 1 is 0.524 bits per heavy atom. The van der Waals surface area contributed by atoms with E-state index in [4.69, 9.17) is 9.47 Å². The van der Waals surface area contributed by atoms with Crippen molar-refractivity contribution in [2.24, 2.45) is 41.4 Å². The quantitative estimate of drug-likeness (QED) is 0.174. The van der Waals surface area contributed by atoms with Gasteiger partial charge in [-0.3, -0.25) is 72.3 Å². The van der Waals surface area contributed by atoms with Gasteiger partial charge < -0.3 is 79.3 Å². The van der Waals surface area contributed by atoms with E-state index in [1.165, 1.54) is 99.0 Å². The highest BCUT2D eigenvalue weighted by atomic mass is 16.6. The standard InChI is InChI=1S/C73H119N13O19/c1-28-41(11)53-64(95)80(23)56(40(9)10)67(98)81(24)55(39(7)8)65(96)76(19)35-50(89)78(21)59(72(17,18)101)69(100)83(26)58(43(13)44(14)104-45(15)87)68(99)84(27)70(105-46(16)88)61(92)74-52(37(3)4)63(94)82(25)57(42(12)29-2)66(97)77(20)36-51(90)85-49(62(93)79(22)54(38(5)6)60(91)75-53)34-73(102)47-32-30-31-33-48(47)86(103)71(73)85/h30-33,37-44,49,52-59,70-71,101-103H,28-29,34-36H2,1-27H3,(H,74,92)(H,75,91)/t41-,42-,43-,44-,49-,52-,53-,54-,55-,56-,57-,58-,59+,70+,71+,73+/m0/s1. The Morgan fingerprint density at radius 3 is 1.45 bits per heavy atom. The molecule has 32 heteroatoms. The molecule has 1 aromatic carbocycles. The zero-order valence-electron chi connectivity index (χ0n) is 66.6. The molecule has 4 rings (SSSR count). The minimum atomic E-state index is -2.22. The van der Waals surface area contributed by atoms with Gasteiger partial charge in [0.25, 0.3) is 12.1 Å². The summed E-state index contributed by atoms with van der Waals surface area (Å²) < 4.78 is 11.1. The number of carbonyl (C=O) groups is 14. The molecule has 3 heterocycles. The number of esters is 2. The van der Waals surface area contributed by atoms with E-state index in [9.17, 15) is 39.4 Å². The number of nitrogens with one attached hydrogen (secondary N) is 2. The summed E-state index contributed by atoms with van der Waals surface area (Å²) in [5.41, 5.74) is -4.01. The van der Waals surface area contributed by atoms with Crippen LogP contribution in [0.2, 0.25) is 0 Å². The van der Waals surface area contributed by atoms with E-state index in [1.807, 2.05) is 0 Å². The number of aliphatic hydroxyl groups is 2. The molecular weight excluding hydrogens is 1360 g/mol. The molecule has 105 heavy (non-hydrogen) atoms. The topological polar surface area (TPSA) is 378 Å². The monoisotopic (exact) mass is 1480 g/mol. The first-order chi connectivity index (χ1) is 48.3. The Morgan fingerprint density at radius 2 is 0.962 bits per heavy atom. The minimum Gasteiger partial charge on any atom is -0.462 e. The normalized spacial score (nSPS) is 28.1. The number of anilines is 1. The van der Waals surface area contributed by atoms with Crippen molar-refractivity contribution in [2.75, 3.05) is 81.6 Å². The van der Waals surface area contributed by atoms with Gasteiger partial charge in [0, 0.05) is 95.2 Å². The number of benzene rings is 1. The smallest absolute Gasteiger partial charge is 0.304 e. The molecule has 2 saturated heterocycles. The molecule has 0 aromatic heterocycles. The van der Waals surface area contributed by atoms with E-state index in [0.717, 1.165) is 62.2 Å². The molecule has 16 atom stereocenters. The highest BCUT2D eigenvalue weighted by Crippen LogP contribution is 2.52. The number of hydrogen-bond acceptors (Lipinski definition) is 20. The van der Waals surface area contributed by atoms with E-state index in [1.54, 1.807) is 95.2 Å². The fraction of sp³-hybridized carbons (Fsp3) is 0.726. The molecule has 2 fully saturated rings. The van der Waals surface area contributed by atoms with Crippen molar-refractivity contribution in [3.63, 3.8) is 0 Å². The highest BCUT2D eigenvalue weighted by Gasteiger charge is 2.64. The van der Waals surface area contributed by atoms with Crippen LogP contribution in [0, 0.1) is 41.4 Å². The SMILES string of the molecule is CC[C@H](C)[C@@H]1NC(=O)[C@H](C(C)C)N(C)C(=O)[C@@H]2C[C@@]3(O)c4ccccc4N(O)[C@H]3N2C(=O)CN(C)C(=O)[C@H]([C@@H](C)CC)N(C)C(=O)[C@H](C(C)C)NC(=O)[C@@H](OC(C)=O)N(C)C(=O)[C@H]([C@@H](C)[C@H](C)OC(C)=O)N(C)C(=O)[C@H](C(C)(C)O)N(C)C(=O)CN(C)C(=O)[C@H](C(C)C)N(C)C(=O)[C@H](C(C)C)N(C)C1=O. The van der Waals surface area contributed by atoms with Crippen molar-refractivity contribution < 1.29 is 92.0 Å². The van der Waals surface area contributed by atoms with Crippen molar-refractivity contribution in [1.82, 2.24) is 59.6 Å². The van der Waals surface area contributed by atoms with Gasteiger partial charge in [-0.15, -0.1) is 0 Å². The van der Waals surface area contributed by atoms with Crippen LogP contribution in [-0.4, -0.2) is 302 Å². The largest absolute Gasteiger partial charge is 0.462 e. The first kappa shape index (κ1) is 88.9. The predicted octanol–water partition coefficient (Wildman–Crippen LogP) is 1.29. The number of carbonyl (C=O) groups excluding carboxylic acids is 14. The minimum absolute atomic E-state index is 0.110. The van der Waals surface area contributed by atoms with Crippen LogP contribution < -0.4 is 15.7 Å². The van der Waals surface area contributed by atoms with Crippen molar-refractivity contribution in [3.8, 4) is 0 Å². The lowest BCUT2D eigenvalue weighted by Crippen LogP contribution is -2.65. The van der Waals surface area contributed by atoms with Crippen LogP contribution in [0.1, 0.15) is 149 Å². The zero-order chi connectivity index (χ0) is 80.8. The lowest BCUT2D eigenvalue weighted by atomic mass is 9.90. The number of likely N-dealkylation sites (N-methyl/N-ethyl adjacent to an activating group) is 9. The van der Waals surface area contributed by atoms with E-state index in [0.29, 0.717) is 16.4 Å². The molecule has 0 saturated carbocycles. The lowest BCUT2D eigenvalue weighted by molar-refractivity contribution is -0.175. The van der Waals surface area contributed by atoms with Crippen molar-refractivity contribution in [2.45, 2.75) is 228 Å². The summed E-state index contributed by atoms with van der Waals surface area (Å²) in [7, 11) is 11.3. The molecule has 0 spiro atoms. The van der Waals surface area contributed by atoms with Gasteiger partial charge in [-0.2, -0.15) is 0 Å². The van der Waals surface area contributed by atoms with E-state index < -0.39 is 228 Å². The lowest BCUT2D eigenvalue weighted by Gasteiger charge is -2.43. The molecule has 0 unspecified atom stereocenters. The fourth-order valence-electron chi connectivity index (χ4n) is 14.8. The van der Waals surface area contributed by atoms with Crippen LogP contribution in [-0.2, 0) is 82.2 Å². The Labute approximate surface area is 618 Å². The second-order valence-electron chi connectivity index (χ2n) is 30.9. The number of para-hydroxylation sites is 1. The van der Waals surface area contributed by atoms with Crippen molar-refractivity contribution >= 4 is 88.5 Å². The van der Waals surface area contributed by atoms with Crippen LogP contribution >= 0.6 is 0 Å². The summed E-state index contributed by atoms with van der Waals surface area (Å²) in [5.74, 6) is -18.1. The highest BCUT2D eigenvalue weighted by molar-refractivity contribution is 6.00. The fourth-order valence-corrected chi connectivity index (χ4v) is 14.8. The molecule has 590 valence electrons. The number of nitrogens with zero attached hydrogens (tertiary/aromatic N) is 11. The number of ether oxygens (including phenoxy) is 2. The molecule has 1 aromatic rings. The van der Waals surface area contributed by atoms with Gasteiger partial charge in [-0.1, -0.05) is 121 Å². The Hall–Kier alpha value is -8.52. The van der Waals surface area contributed by atoms with Gasteiger partial charge in [0.1, 0.15) is 66.1 Å². The van der Waals surface area contributed by atoms with Crippen LogP contribution in [0.3, 0.4) is 0 Å². The molecule has 32 nitrogen and oxygen atoms in total. The maximum Gasteiger partial charge on any atom is 0.304 e. The number of hydroxylamine groups is 1. The number of hydrogen-bond donors (Lipinski definition) is 5. The van der Waals surface area contributed by atoms with Gasteiger partial charge in [0.2, 0.25) is 65.0 Å². The second-order valence-corrected chi connectivity index (χ2v) is 30.9. The third-order valence-electron chi connectivity index (χ3n) is 21.1. The molecule has 12 amide bonds. The summed E-state index contributed by atoms with van der Waals surface area (Å²) in [6.45, 7) is 25.8. The zero-order valence-corrected chi connectivity index (χ0v) is 66.6. The number of fused-ring (bicyclic) bond motifs is 5. The van der Waals surface area contributed by atoms with Gasteiger partial charge in [-0.05, 0) is 62.3 Å². The van der Waals surface area contributed by atoms with Crippen molar-refractivity contribution in [3.05, 3.63) is 29.8 Å². The maximum atomic E-state index is 15.5. The van der Waals surface area contributed by atoms with E-state index in [-0.39, 0.29) is 17.7 Å². The maximum absolute atomic E-state index is 15.5. The molecule has 5 N–H and O–H groups in total. The summed E-state index contributed by atoms with van der Waals surface area (Å²) in [6.07, 6.45) is -5.04. The first-order valence-electron chi connectivity index (χ1n) is 36.0. The third kappa shape index (κ3) is 19.0. The molecular formula is C73H119N13O19. The van der Waals surface area contributed by atoms with E-state index >= 15 is 43.2 Å². The number of amides is 12. The Bertz CT molecular complexity index is 3400. The number of rotatable bonds is 13. The molecule has 3 aliphatic rings. The molecule has 0 radical (unpaired) electrons. The summed E-state index contributed by atoms with van der Waals surface area (Å²) in [4.78, 5) is 217. The van der Waals surface area contributed by atoms with Gasteiger partial charge in [-0.25, -0.2) is 5.06 Å². The van der Waals surface area contributed by atoms with Gasteiger partial charge in [0.05, 0.1) is 24.4 Å². The van der Waals surface area contributed by atoms with Gasteiger partial charge in [0.15, 0.2) is 6.17 Å². The van der Waals surface area contributed by atoms with Crippen molar-refractivity contribution in [1.29, 1.82) is 0 Å². The molecule has 0 bridgehead atoms. The van der Waals surface area contributed by atoms with Crippen LogP contribution in [0.25, 0.3) is 0 Å². The van der Waals surface area contributed by atoms with Crippen LogP contribution in [0.15, 0.2) is 24.3 Å². The average molecular weight is 1480 g/mol. The Balaban J connectivity index is 2.04. The van der Waals surface area contributed by atoms with Gasteiger partial charge >= 0.3 is 11.9 Å². The van der Waals surface area contributed by atoms with E-state index in [2.05, 4.69) is 10.6 Å². The van der Waals surface area contributed by atoms with Crippen LogP contribution in [0.5, 0.6) is 0 Å². The third-order valence-corrected chi connectivity index (χ3v) is 21.1. The van der Waals surface area contributed by atoms with Crippen LogP contribution in [0.4, 0.5) is 5.69 Å². The second kappa shape index (κ2) is 35.7. The summed E-state index contributed by atoms with van der Waals surface area (Å²) in [5, 5.41) is 42.8. The summed E-state index contributed by atoms with van der Waals surface area (Å²) >= 11 is 0. The predicted molar refractivity (Wildman–Crippen MR) is 385 cm³/mol.